The van der Waals surface area contributed by atoms with Crippen LogP contribution in [-0.2, 0) is 9.53 Å². The molecule has 1 aliphatic carbocycles. The van der Waals surface area contributed by atoms with Gasteiger partial charge in [-0.3, -0.25) is 4.79 Å². The Morgan fingerprint density at radius 3 is 2.60 bits per heavy atom. The van der Waals surface area contributed by atoms with E-state index in [2.05, 4.69) is 20.8 Å². The number of methoxy groups -OCH3 is 1. The second kappa shape index (κ2) is 5.53. The molecule has 1 aliphatic rings. The summed E-state index contributed by atoms with van der Waals surface area (Å²) in [5.41, 5.74) is 0. The molecule has 0 spiro atoms. The lowest BCUT2D eigenvalue weighted by Crippen LogP contribution is -2.29. The van der Waals surface area contributed by atoms with Crippen molar-refractivity contribution in [2.24, 2.45) is 23.7 Å². The first-order valence-corrected chi connectivity index (χ1v) is 6.11. The highest BCUT2D eigenvalue weighted by molar-refractivity contribution is 5.69. The second-order valence-electron chi connectivity index (χ2n) is 5.37. The third-order valence-corrected chi connectivity index (χ3v) is 3.82. The molecule has 1 rings (SSSR count). The lowest BCUT2D eigenvalue weighted by atomic mass is 9.69. The predicted octanol–water partition coefficient (Wildman–Crippen LogP) is 3.26. The van der Waals surface area contributed by atoms with Crippen molar-refractivity contribution in [3.63, 3.8) is 0 Å². The molecule has 0 aromatic carbocycles. The van der Waals surface area contributed by atoms with Crippen LogP contribution in [-0.4, -0.2) is 13.1 Å². The summed E-state index contributed by atoms with van der Waals surface area (Å²) in [6.07, 6.45) is 4.41. The average Bonchev–Trinajstić information content (AvgIpc) is 2.17. The number of hydrogen-bond donors (Lipinski definition) is 0. The minimum Gasteiger partial charge on any atom is -0.469 e. The molecule has 15 heavy (non-hydrogen) atoms. The van der Waals surface area contributed by atoms with Crippen LogP contribution >= 0.6 is 0 Å². The maximum atomic E-state index is 11.3. The second-order valence-corrected chi connectivity index (χ2v) is 5.37. The molecule has 0 aromatic rings. The molecule has 2 heteroatoms. The number of carbonyl (C=O) groups excluding carboxylic acids is 1. The molecule has 1 saturated carbocycles. The van der Waals surface area contributed by atoms with Crippen LogP contribution in [0.15, 0.2) is 0 Å². The molecule has 0 saturated heterocycles. The van der Waals surface area contributed by atoms with E-state index in [9.17, 15) is 4.79 Å². The van der Waals surface area contributed by atoms with Gasteiger partial charge < -0.3 is 4.74 Å². The lowest BCUT2D eigenvalue weighted by molar-refractivity contribution is -0.142. The molecule has 0 radical (unpaired) electrons. The number of esters is 1. The number of ether oxygens (including phenoxy) is 1. The van der Waals surface area contributed by atoms with Crippen molar-refractivity contribution in [3.8, 4) is 0 Å². The fourth-order valence-corrected chi connectivity index (χ4v) is 2.93. The first kappa shape index (κ1) is 12.5. The first-order valence-electron chi connectivity index (χ1n) is 6.11. The SMILES string of the molecule is COC(=O)CC1C[C@H](C)CC[C@H]1C(C)C. The fraction of sp³-hybridized carbons (Fsp3) is 0.923. The van der Waals surface area contributed by atoms with E-state index in [1.54, 1.807) is 0 Å². The van der Waals surface area contributed by atoms with E-state index in [0.717, 1.165) is 5.92 Å². The summed E-state index contributed by atoms with van der Waals surface area (Å²) in [7, 11) is 1.49. The quantitative estimate of drug-likeness (QED) is 0.671. The maximum Gasteiger partial charge on any atom is 0.305 e. The van der Waals surface area contributed by atoms with Crippen molar-refractivity contribution >= 4 is 5.97 Å². The van der Waals surface area contributed by atoms with Crippen molar-refractivity contribution in [1.82, 2.24) is 0 Å². The van der Waals surface area contributed by atoms with Crippen molar-refractivity contribution in [3.05, 3.63) is 0 Å². The third kappa shape index (κ3) is 3.51. The Morgan fingerprint density at radius 2 is 2.07 bits per heavy atom. The van der Waals surface area contributed by atoms with Gasteiger partial charge in [-0.25, -0.2) is 0 Å². The van der Waals surface area contributed by atoms with Gasteiger partial charge in [0.05, 0.1) is 7.11 Å². The van der Waals surface area contributed by atoms with E-state index in [1.807, 2.05) is 0 Å². The van der Waals surface area contributed by atoms with Crippen LogP contribution < -0.4 is 0 Å². The van der Waals surface area contributed by atoms with Gasteiger partial charge in [-0.2, -0.15) is 0 Å². The van der Waals surface area contributed by atoms with Crippen LogP contribution in [0.2, 0.25) is 0 Å². The zero-order chi connectivity index (χ0) is 11.4. The summed E-state index contributed by atoms with van der Waals surface area (Å²) >= 11 is 0. The lowest BCUT2D eigenvalue weighted by Gasteiger charge is -2.36. The summed E-state index contributed by atoms with van der Waals surface area (Å²) in [5.74, 6) is 2.67. The van der Waals surface area contributed by atoms with Crippen molar-refractivity contribution in [2.45, 2.75) is 46.5 Å². The van der Waals surface area contributed by atoms with Gasteiger partial charge in [-0.1, -0.05) is 27.2 Å². The molecule has 0 bridgehead atoms. The molecule has 3 atom stereocenters. The zero-order valence-electron chi connectivity index (χ0n) is 10.5. The van der Waals surface area contributed by atoms with E-state index in [1.165, 1.54) is 26.4 Å². The molecule has 88 valence electrons. The standard InChI is InChI=1S/C13H24O2/c1-9(2)12-6-5-10(3)7-11(12)8-13(14)15-4/h9-12H,5-8H2,1-4H3/t10-,11?,12+/m1/s1. The third-order valence-electron chi connectivity index (χ3n) is 3.82. The molecule has 1 fully saturated rings. The van der Waals surface area contributed by atoms with E-state index >= 15 is 0 Å². The Bertz CT molecular complexity index is 211. The van der Waals surface area contributed by atoms with Gasteiger partial charge in [-0.15, -0.1) is 0 Å². The summed E-state index contributed by atoms with van der Waals surface area (Å²) in [4.78, 5) is 11.3. The minimum atomic E-state index is -0.0419. The van der Waals surface area contributed by atoms with Crippen LogP contribution in [0.1, 0.15) is 46.5 Å². The average molecular weight is 212 g/mol. The van der Waals surface area contributed by atoms with Gasteiger partial charge in [0.25, 0.3) is 0 Å². The molecule has 2 nitrogen and oxygen atoms in total. The van der Waals surface area contributed by atoms with Crippen LogP contribution in [0.3, 0.4) is 0 Å². The molecule has 0 amide bonds. The monoisotopic (exact) mass is 212 g/mol. The summed E-state index contributed by atoms with van der Waals surface area (Å²) < 4.78 is 4.78. The summed E-state index contributed by atoms with van der Waals surface area (Å²) in [5, 5.41) is 0. The smallest absolute Gasteiger partial charge is 0.305 e. The number of rotatable bonds is 3. The topological polar surface area (TPSA) is 26.3 Å². The molecule has 1 unspecified atom stereocenters. The Morgan fingerprint density at radius 1 is 1.40 bits per heavy atom. The summed E-state index contributed by atoms with van der Waals surface area (Å²) in [6.45, 7) is 6.83. The number of carbonyl (C=O) groups is 1. The largest absolute Gasteiger partial charge is 0.469 e. The highest BCUT2D eigenvalue weighted by atomic mass is 16.5. The number of hydrogen-bond acceptors (Lipinski definition) is 2. The highest BCUT2D eigenvalue weighted by Gasteiger charge is 2.32. The van der Waals surface area contributed by atoms with E-state index < -0.39 is 0 Å². The van der Waals surface area contributed by atoms with E-state index in [4.69, 9.17) is 4.74 Å². The van der Waals surface area contributed by atoms with Gasteiger partial charge >= 0.3 is 5.97 Å². The maximum absolute atomic E-state index is 11.3. The van der Waals surface area contributed by atoms with Crippen molar-refractivity contribution < 1.29 is 9.53 Å². The van der Waals surface area contributed by atoms with Gasteiger partial charge in [0, 0.05) is 6.42 Å². The van der Waals surface area contributed by atoms with E-state index in [0.29, 0.717) is 24.2 Å². The minimum absolute atomic E-state index is 0.0419. The molecular formula is C13H24O2. The van der Waals surface area contributed by atoms with Crippen molar-refractivity contribution in [1.29, 1.82) is 0 Å². The molecule has 0 aromatic heterocycles. The van der Waals surface area contributed by atoms with Crippen molar-refractivity contribution in [2.75, 3.05) is 7.11 Å². The molecule has 0 aliphatic heterocycles. The van der Waals surface area contributed by atoms with Crippen LogP contribution in [0.25, 0.3) is 0 Å². The van der Waals surface area contributed by atoms with Crippen LogP contribution in [0.4, 0.5) is 0 Å². The van der Waals surface area contributed by atoms with Crippen LogP contribution in [0.5, 0.6) is 0 Å². The Kier molecular flexibility index (Phi) is 4.62. The molecular weight excluding hydrogens is 188 g/mol. The summed E-state index contributed by atoms with van der Waals surface area (Å²) in [6, 6.07) is 0. The van der Waals surface area contributed by atoms with E-state index in [-0.39, 0.29) is 5.97 Å². The van der Waals surface area contributed by atoms with Gasteiger partial charge in [-0.05, 0) is 36.5 Å². The highest BCUT2D eigenvalue weighted by Crippen LogP contribution is 2.39. The first-order chi connectivity index (χ1) is 7.04. The normalized spacial score (nSPS) is 31.7. The zero-order valence-corrected chi connectivity index (χ0v) is 10.5. The Balaban J connectivity index is 2.57. The van der Waals surface area contributed by atoms with Crippen LogP contribution in [0, 0.1) is 23.7 Å². The molecule has 0 N–H and O–H groups in total. The predicted molar refractivity (Wildman–Crippen MR) is 61.5 cm³/mol. The van der Waals surface area contributed by atoms with Gasteiger partial charge in [0.2, 0.25) is 0 Å². The Hall–Kier alpha value is -0.530. The Labute approximate surface area is 93.4 Å². The van der Waals surface area contributed by atoms with Gasteiger partial charge in [0.1, 0.15) is 0 Å². The molecule has 0 heterocycles. The fourth-order valence-electron chi connectivity index (χ4n) is 2.93. The van der Waals surface area contributed by atoms with Gasteiger partial charge in [0.15, 0.2) is 0 Å².